The van der Waals surface area contributed by atoms with Crippen molar-refractivity contribution in [3.8, 4) is 0 Å². The molecule has 5 N–H and O–H groups in total. The summed E-state index contributed by atoms with van der Waals surface area (Å²) in [6.45, 7) is 8.61. The first-order valence-electron chi connectivity index (χ1n) is 11.0. The Balaban J connectivity index is 1.75. The van der Waals surface area contributed by atoms with Crippen LogP contribution in [0.2, 0.25) is 0 Å². The quantitative estimate of drug-likeness (QED) is 0.572. The normalized spacial score (nSPS) is 21.3. The summed E-state index contributed by atoms with van der Waals surface area (Å²) in [4.78, 5) is 9.82. The minimum absolute atomic E-state index is 0.132. The van der Waals surface area contributed by atoms with Gasteiger partial charge < -0.3 is 16.4 Å². The SMILES string of the molecule is CC(C)N1NN(C(C)C)c2c(Nc3ccccc3)nc(NC3CCCCC3N)nc21. The highest BCUT2D eigenvalue weighted by molar-refractivity contribution is 5.85. The predicted molar refractivity (Wildman–Crippen MR) is 124 cm³/mol. The highest BCUT2D eigenvalue weighted by atomic mass is 15.8. The number of nitrogens with one attached hydrogen (secondary N) is 3. The number of hydrogen-bond donors (Lipinski definition) is 4. The molecule has 2 unspecified atom stereocenters. The summed E-state index contributed by atoms with van der Waals surface area (Å²) in [5.41, 5.74) is 11.8. The van der Waals surface area contributed by atoms with E-state index < -0.39 is 0 Å². The third-order valence-corrected chi connectivity index (χ3v) is 5.75. The number of rotatable bonds is 6. The summed E-state index contributed by atoms with van der Waals surface area (Å²) in [5.74, 6) is 2.27. The van der Waals surface area contributed by atoms with E-state index in [1.54, 1.807) is 0 Å². The van der Waals surface area contributed by atoms with Crippen LogP contribution in [0.5, 0.6) is 0 Å². The molecule has 1 aromatic carbocycles. The van der Waals surface area contributed by atoms with Gasteiger partial charge in [-0.1, -0.05) is 31.0 Å². The number of nitrogens with zero attached hydrogens (tertiary/aromatic N) is 4. The molecule has 162 valence electrons. The third-order valence-electron chi connectivity index (χ3n) is 5.75. The second-order valence-corrected chi connectivity index (χ2v) is 8.79. The Morgan fingerprint density at radius 2 is 1.70 bits per heavy atom. The molecule has 1 aliphatic heterocycles. The lowest BCUT2D eigenvalue weighted by atomic mass is 9.91. The van der Waals surface area contributed by atoms with Gasteiger partial charge in [0.2, 0.25) is 5.95 Å². The fraction of sp³-hybridized carbons (Fsp3) is 0.545. The van der Waals surface area contributed by atoms with Gasteiger partial charge in [-0.25, -0.2) is 0 Å². The number of fused-ring (bicyclic) bond motifs is 1. The molecule has 2 aliphatic rings. The topological polar surface area (TPSA) is 94.4 Å². The Labute approximate surface area is 179 Å². The van der Waals surface area contributed by atoms with Crippen LogP contribution in [0.15, 0.2) is 30.3 Å². The molecule has 8 nitrogen and oxygen atoms in total. The van der Waals surface area contributed by atoms with Gasteiger partial charge in [0, 0.05) is 29.9 Å². The minimum atomic E-state index is 0.132. The molecule has 0 spiro atoms. The monoisotopic (exact) mass is 410 g/mol. The fourth-order valence-corrected chi connectivity index (χ4v) is 4.09. The van der Waals surface area contributed by atoms with Crippen LogP contribution in [0.4, 0.5) is 29.0 Å². The maximum absolute atomic E-state index is 6.37. The molecule has 8 heteroatoms. The zero-order valence-electron chi connectivity index (χ0n) is 18.4. The summed E-state index contributed by atoms with van der Waals surface area (Å²) in [6.07, 6.45) is 4.47. The standard InChI is InChI=1S/C22H34N8/c1-14(2)29-19-20(24-16-10-6-5-7-11-16)26-22(25-18-13-9-8-12-17(18)23)27-21(19)30(28-29)15(3)4/h5-7,10-11,14-15,17-18,28H,8-9,12-13,23H2,1-4H3,(H2,24,25,26,27). The molecule has 4 rings (SSSR count). The molecule has 1 saturated carbocycles. The van der Waals surface area contributed by atoms with Crippen LogP contribution in [0.1, 0.15) is 53.4 Å². The maximum Gasteiger partial charge on any atom is 0.227 e. The van der Waals surface area contributed by atoms with Gasteiger partial charge in [-0.3, -0.25) is 10.0 Å². The van der Waals surface area contributed by atoms with Gasteiger partial charge >= 0.3 is 0 Å². The van der Waals surface area contributed by atoms with E-state index >= 15 is 0 Å². The number of aromatic nitrogens is 2. The molecule has 2 heterocycles. The van der Waals surface area contributed by atoms with E-state index in [1.807, 2.05) is 30.3 Å². The van der Waals surface area contributed by atoms with Crippen LogP contribution in [-0.2, 0) is 0 Å². The average Bonchev–Trinajstić information content (AvgIpc) is 3.11. The van der Waals surface area contributed by atoms with E-state index in [4.69, 9.17) is 15.7 Å². The molecule has 2 atom stereocenters. The fourth-order valence-electron chi connectivity index (χ4n) is 4.09. The van der Waals surface area contributed by atoms with Crippen molar-refractivity contribution in [1.29, 1.82) is 0 Å². The smallest absolute Gasteiger partial charge is 0.227 e. The second kappa shape index (κ2) is 8.65. The largest absolute Gasteiger partial charge is 0.350 e. The Hall–Kier alpha value is -2.58. The first-order valence-corrected chi connectivity index (χ1v) is 11.0. The van der Waals surface area contributed by atoms with Gasteiger partial charge in [0.1, 0.15) is 5.69 Å². The number of hydrogen-bond acceptors (Lipinski definition) is 8. The molecule has 30 heavy (non-hydrogen) atoms. The molecular weight excluding hydrogens is 376 g/mol. The van der Waals surface area contributed by atoms with Crippen LogP contribution in [0.25, 0.3) is 0 Å². The molecule has 1 fully saturated rings. The summed E-state index contributed by atoms with van der Waals surface area (Å²) in [7, 11) is 0. The van der Waals surface area contributed by atoms with Crippen molar-refractivity contribution >= 4 is 29.0 Å². The summed E-state index contributed by atoms with van der Waals surface area (Å²) in [5, 5.41) is 11.3. The van der Waals surface area contributed by atoms with E-state index in [9.17, 15) is 0 Å². The number of benzene rings is 1. The Morgan fingerprint density at radius 3 is 2.37 bits per heavy atom. The van der Waals surface area contributed by atoms with Crippen LogP contribution in [0, 0.1) is 0 Å². The van der Waals surface area contributed by atoms with E-state index in [-0.39, 0.29) is 24.2 Å². The zero-order chi connectivity index (χ0) is 21.3. The molecule has 0 amide bonds. The van der Waals surface area contributed by atoms with Crippen molar-refractivity contribution in [2.24, 2.45) is 5.73 Å². The number of anilines is 5. The van der Waals surface area contributed by atoms with E-state index in [1.165, 1.54) is 12.8 Å². The summed E-state index contributed by atoms with van der Waals surface area (Å²) in [6, 6.07) is 10.9. The first kappa shape index (κ1) is 20.7. The first-order chi connectivity index (χ1) is 14.4. The Bertz CT molecular complexity index is 854. The predicted octanol–water partition coefficient (Wildman–Crippen LogP) is 3.76. The minimum Gasteiger partial charge on any atom is -0.350 e. The summed E-state index contributed by atoms with van der Waals surface area (Å²) < 4.78 is 0. The highest BCUT2D eigenvalue weighted by Gasteiger charge is 2.35. The van der Waals surface area contributed by atoms with Crippen molar-refractivity contribution < 1.29 is 0 Å². The third kappa shape index (κ3) is 4.15. The van der Waals surface area contributed by atoms with E-state index in [0.29, 0.717) is 5.95 Å². The van der Waals surface area contributed by atoms with Crippen molar-refractivity contribution in [3.05, 3.63) is 30.3 Å². The van der Waals surface area contributed by atoms with Crippen molar-refractivity contribution in [1.82, 2.24) is 15.5 Å². The van der Waals surface area contributed by atoms with Crippen molar-refractivity contribution in [2.45, 2.75) is 77.5 Å². The molecule has 1 aliphatic carbocycles. The van der Waals surface area contributed by atoms with Gasteiger partial charge in [-0.2, -0.15) is 9.97 Å². The molecule has 0 radical (unpaired) electrons. The van der Waals surface area contributed by atoms with Gasteiger partial charge in [0.05, 0.1) is 0 Å². The number of nitrogens with two attached hydrogens (primary N) is 1. The summed E-state index contributed by atoms with van der Waals surface area (Å²) >= 11 is 0. The molecule has 2 aromatic rings. The maximum atomic E-state index is 6.37. The van der Waals surface area contributed by atoms with Crippen molar-refractivity contribution in [2.75, 3.05) is 20.7 Å². The lowest BCUT2D eigenvalue weighted by molar-refractivity contribution is 0.402. The lowest BCUT2D eigenvalue weighted by Crippen LogP contribution is -2.50. The van der Waals surface area contributed by atoms with E-state index in [0.717, 1.165) is 35.9 Å². The Kier molecular flexibility index (Phi) is 5.97. The van der Waals surface area contributed by atoms with Gasteiger partial charge in [0.15, 0.2) is 11.6 Å². The van der Waals surface area contributed by atoms with Gasteiger partial charge in [-0.15, -0.1) is 5.53 Å². The van der Waals surface area contributed by atoms with Gasteiger partial charge in [0.25, 0.3) is 0 Å². The van der Waals surface area contributed by atoms with Crippen molar-refractivity contribution in [3.63, 3.8) is 0 Å². The highest BCUT2D eigenvalue weighted by Crippen LogP contribution is 2.41. The van der Waals surface area contributed by atoms with Crippen LogP contribution in [0.3, 0.4) is 0 Å². The lowest BCUT2D eigenvalue weighted by Gasteiger charge is -2.29. The van der Waals surface area contributed by atoms with E-state index in [2.05, 4.69) is 53.9 Å². The number of hydrazine groups is 2. The Morgan fingerprint density at radius 1 is 1.00 bits per heavy atom. The van der Waals surface area contributed by atoms with Gasteiger partial charge in [-0.05, 0) is 52.7 Å². The van der Waals surface area contributed by atoms with Crippen LogP contribution >= 0.6 is 0 Å². The zero-order valence-corrected chi connectivity index (χ0v) is 18.4. The van der Waals surface area contributed by atoms with Crippen LogP contribution in [-0.4, -0.2) is 34.1 Å². The molecular formula is C22H34N8. The molecule has 0 bridgehead atoms. The second-order valence-electron chi connectivity index (χ2n) is 8.79. The van der Waals surface area contributed by atoms with Crippen LogP contribution < -0.4 is 31.9 Å². The molecule has 1 aromatic heterocycles. The molecule has 0 saturated heterocycles. The average molecular weight is 411 g/mol. The number of para-hydroxylation sites is 1.